The van der Waals surface area contributed by atoms with Crippen molar-refractivity contribution in [3.63, 3.8) is 0 Å². The highest BCUT2D eigenvalue weighted by atomic mass is 35.5. The van der Waals surface area contributed by atoms with Crippen LogP contribution in [-0.2, 0) is 16.2 Å². The first-order valence-corrected chi connectivity index (χ1v) is 8.24. The molecule has 132 valence electrons. The largest absolute Gasteiger partial charge is 0.486 e. The van der Waals surface area contributed by atoms with E-state index >= 15 is 0 Å². The molecule has 0 unspecified atom stereocenters. The topological polar surface area (TPSA) is 84.5 Å². The summed E-state index contributed by atoms with van der Waals surface area (Å²) in [5.41, 5.74) is 1.14. The fourth-order valence-corrected chi connectivity index (χ4v) is 2.92. The normalized spacial score (nSPS) is 13.9. The molecular weight excluding hydrogens is 379 g/mol. The van der Waals surface area contributed by atoms with Crippen LogP contribution in [-0.4, -0.2) is 17.8 Å². The summed E-state index contributed by atoms with van der Waals surface area (Å²) in [7, 11) is 0. The number of nitrogens with one attached hydrogen (secondary N) is 2. The van der Waals surface area contributed by atoms with Gasteiger partial charge in [-0.05, 0) is 29.3 Å². The van der Waals surface area contributed by atoms with Gasteiger partial charge in [0, 0.05) is 0 Å². The van der Waals surface area contributed by atoms with Gasteiger partial charge in [0.15, 0.2) is 5.75 Å². The van der Waals surface area contributed by atoms with E-state index in [4.69, 9.17) is 27.9 Å². The zero-order chi connectivity index (χ0) is 18.7. The Kier molecular flexibility index (Phi) is 5.25. The van der Waals surface area contributed by atoms with Crippen molar-refractivity contribution in [2.24, 2.45) is 0 Å². The number of hydrogen-bond donors (Lipinski definition) is 2. The van der Waals surface area contributed by atoms with Crippen molar-refractivity contribution in [3.8, 4) is 5.75 Å². The molecule has 1 aliphatic rings. The van der Waals surface area contributed by atoms with E-state index in [-0.39, 0.29) is 22.2 Å². The number of hydrogen-bond acceptors (Lipinski definition) is 4. The minimum absolute atomic E-state index is 0.227. The molecule has 0 atom stereocenters. The fraction of sp³-hybridized carbons (Fsp3) is 0.0556. The van der Waals surface area contributed by atoms with Crippen molar-refractivity contribution in [1.82, 2.24) is 10.6 Å². The first-order valence-electron chi connectivity index (χ1n) is 7.48. The molecule has 4 amide bonds. The summed E-state index contributed by atoms with van der Waals surface area (Å²) in [4.78, 5) is 34.6. The number of benzene rings is 2. The van der Waals surface area contributed by atoms with Crippen LogP contribution < -0.4 is 15.4 Å². The highest BCUT2D eigenvalue weighted by Crippen LogP contribution is 2.35. The van der Waals surface area contributed by atoms with Gasteiger partial charge in [-0.2, -0.15) is 0 Å². The van der Waals surface area contributed by atoms with Gasteiger partial charge in [0.2, 0.25) is 0 Å². The van der Waals surface area contributed by atoms with E-state index in [0.717, 1.165) is 5.56 Å². The maximum absolute atomic E-state index is 11.8. The minimum atomic E-state index is -0.863. The zero-order valence-electron chi connectivity index (χ0n) is 13.2. The second kappa shape index (κ2) is 7.59. The van der Waals surface area contributed by atoms with Crippen LogP contribution in [0.5, 0.6) is 5.75 Å². The molecule has 1 aliphatic heterocycles. The number of barbiturate groups is 1. The molecule has 1 saturated heterocycles. The van der Waals surface area contributed by atoms with Gasteiger partial charge in [0.05, 0.1) is 10.0 Å². The molecule has 0 aromatic heterocycles. The van der Waals surface area contributed by atoms with Gasteiger partial charge in [0.1, 0.15) is 12.2 Å². The van der Waals surface area contributed by atoms with E-state index in [0.29, 0.717) is 11.3 Å². The molecule has 0 saturated carbocycles. The molecule has 0 aliphatic carbocycles. The third-order valence-electron chi connectivity index (χ3n) is 3.50. The summed E-state index contributed by atoms with van der Waals surface area (Å²) in [5.74, 6) is -1.29. The van der Waals surface area contributed by atoms with Crippen LogP contribution in [0.1, 0.15) is 11.1 Å². The smallest absolute Gasteiger partial charge is 0.328 e. The highest BCUT2D eigenvalue weighted by Gasteiger charge is 2.27. The van der Waals surface area contributed by atoms with Crippen molar-refractivity contribution < 1.29 is 19.1 Å². The summed E-state index contributed by atoms with van der Waals surface area (Å²) in [6.07, 6.45) is 1.29. The molecule has 1 fully saturated rings. The lowest BCUT2D eigenvalue weighted by molar-refractivity contribution is -0.123. The number of carbonyl (C=O) groups is 3. The van der Waals surface area contributed by atoms with Crippen LogP contribution in [0.15, 0.2) is 48.0 Å². The molecule has 0 spiro atoms. The average molecular weight is 391 g/mol. The average Bonchev–Trinajstić information content (AvgIpc) is 2.58. The van der Waals surface area contributed by atoms with Crippen LogP contribution in [0.3, 0.4) is 0 Å². The summed E-state index contributed by atoms with van der Waals surface area (Å²) in [6.45, 7) is 0.285. The van der Waals surface area contributed by atoms with Crippen molar-refractivity contribution in [1.29, 1.82) is 0 Å². The summed E-state index contributed by atoms with van der Waals surface area (Å²) >= 11 is 12.4. The van der Waals surface area contributed by atoms with Crippen molar-refractivity contribution in [2.75, 3.05) is 0 Å². The molecule has 8 heteroatoms. The van der Waals surface area contributed by atoms with Gasteiger partial charge < -0.3 is 4.74 Å². The Morgan fingerprint density at radius 1 is 0.923 bits per heavy atom. The number of rotatable bonds is 4. The van der Waals surface area contributed by atoms with E-state index in [1.807, 2.05) is 41.0 Å². The molecular formula is C18H12Cl2N2O4. The highest BCUT2D eigenvalue weighted by molar-refractivity contribution is 6.37. The predicted molar refractivity (Wildman–Crippen MR) is 96.9 cm³/mol. The molecule has 6 nitrogen and oxygen atoms in total. The quantitative estimate of drug-likeness (QED) is 0.619. The van der Waals surface area contributed by atoms with Crippen LogP contribution in [0.4, 0.5) is 4.79 Å². The van der Waals surface area contributed by atoms with E-state index in [2.05, 4.69) is 0 Å². The Morgan fingerprint density at radius 3 is 2.08 bits per heavy atom. The minimum Gasteiger partial charge on any atom is -0.486 e. The fourth-order valence-electron chi connectivity index (χ4n) is 2.30. The Labute approximate surface area is 158 Å². The number of urea groups is 1. The first kappa shape index (κ1) is 18.0. The summed E-state index contributed by atoms with van der Waals surface area (Å²) in [5, 5.41) is 4.44. The SMILES string of the molecule is O=C1NC(=O)C(=Cc2cc(Cl)c(OCc3ccccc3)c(Cl)c2)C(=O)N1. The predicted octanol–water partition coefficient (Wildman–Crippen LogP) is 3.32. The lowest BCUT2D eigenvalue weighted by atomic mass is 10.1. The molecule has 2 aromatic rings. The third kappa shape index (κ3) is 4.04. The Morgan fingerprint density at radius 2 is 1.50 bits per heavy atom. The number of imide groups is 2. The van der Waals surface area contributed by atoms with E-state index in [1.165, 1.54) is 18.2 Å². The summed E-state index contributed by atoms with van der Waals surface area (Å²) < 4.78 is 5.67. The third-order valence-corrected chi connectivity index (χ3v) is 4.06. The standard InChI is InChI=1S/C18H12Cl2N2O4/c19-13-7-11(6-12-16(23)21-18(25)22-17(12)24)8-14(20)15(13)26-9-10-4-2-1-3-5-10/h1-8H,9H2,(H2,21,22,23,24,25). The summed E-state index contributed by atoms with van der Waals surface area (Å²) in [6, 6.07) is 11.7. The molecule has 3 rings (SSSR count). The van der Waals surface area contributed by atoms with Crippen molar-refractivity contribution in [3.05, 3.63) is 69.2 Å². The number of carbonyl (C=O) groups excluding carboxylic acids is 3. The van der Waals surface area contributed by atoms with Crippen LogP contribution in [0.25, 0.3) is 6.08 Å². The lowest BCUT2D eigenvalue weighted by Gasteiger charge is -2.14. The van der Waals surface area contributed by atoms with E-state index < -0.39 is 17.8 Å². The molecule has 2 N–H and O–H groups in total. The maximum Gasteiger partial charge on any atom is 0.328 e. The zero-order valence-corrected chi connectivity index (χ0v) is 14.7. The maximum atomic E-state index is 11.8. The Hall–Kier alpha value is -2.83. The van der Waals surface area contributed by atoms with Gasteiger partial charge in [-0.15, -0.1) is 0 Å². The second-order valence-electron chi connectivity index (χ2n) is 5.38. The van der Waals surface area contributed by atoms with Gasteiger partial charge >= 0.3 is 6.03 Å². The van der Waals surface area contributed by atoms with Gasteiger partial charge in [-0.1, -0.05) is 53.5 Å². The number of amides is 4. The Balaban J connectivity index is 1.83. The van der Waals surface area contributed by atoms with Crippen LogP contribution >= 0.6 is 23.2 Å². The second-order valence-corrected chi connectivity index (χ2v) is 6.20. The first-order chi connectivity index (χ1) is 12.4. The molecule has 0 radical (unpaired) electrons. The molecule has 2 aromatic carbocycles. The van der Waals surface area contributed by atoms with Crippen molar-refractivity contribution >= 4 is 47.1 Å². The molecule has 1 heterocycles. The lowest BCUT2D eigenvalue weighted by Crippen LogP contribution is -2.51. The Bertz CT molecular complexity index is 881. The van der Waals surface area contributed by atoms with E-state index in [1.54, 1.807) is 0 Å². The van der Waals surface area contributed by atoms with Crippen LogP contribution in [0.2, 0.25) is 10.0 Å². The number of ether oxygens (including phenoxy) is 1. The monoisotopic (exact) mass is 390 g/mol. The van der Waals surface area contributed by atoms with Gasteiger partial charge in [-0.3, -0.25) is 20.2 Å². The van der Waals surface area contributed by atoms with Gasteiger partial charge in [0.25, 0.3) is 11.8 Å². The van der Waals surface area contributed by atoms with Crippen LogP contribution in [0, 0.1) is 0 Å². The van der Waals surface area contributed by atoms with Crippen molar-refractivity contribution in [2.45, 2.75) is 6.61 Å². The molecule has 0 bridgehead atoms. The molecule has 26 heavy (non-hydrogen) atoms. The van der Waals surface area contributed by atoms with Gasteiger partial charge in [-0.25, -0.2) is 4.79 Å². The van der Waals surface area contributed by atoms with E-state index in [9.17, 15) is 14.4 Å². The number of halogens is 2.